The Balaban J connectivity index is 1.97. The Hall–Kier alpha value is -1.79. The monoisotopic (exact) mass is 383 g/mol. The Morgan fingerprint density at radius 3 is 2.60 bits per heavy atom. The first kappa shape index (κ1) is 19.5. The van der Waals surface area contributed by atoms with Gasteiger partial charge >= 0.3 is 0 Å². The third-order valence-electron chi connectivity index (χ3n) is 3.53. The van der Waals surface area contributed by atoms with Crippen molar-refractivity contribution >= 4 is 29.2 Å². The van der Waals surface area contributed by atoms with Gasteiger partial charge in [-0.05, 0) is 24.6 Å². The average molecular weight is 384 g/mol. The third kappa shape index (κ3) is 5.34. The molecule has 0 fully saturated rings. The summed E-state index contributed by atoms with van der Waals surface area (Å²) in [5.74, 6) is 1.79. The molecule has 8 heteroatoms. The lowest BCUT2D eigenvalue weighted by atomic mass is 9.97. The summed E-state index contributed by atoms with van der Waals surface area (Å²) in [4.78, 5) is 8.60. The lowest BCUT2D eigenvalue weighted by molar-refractivity contribution is 0.318. The van der Waals surface area contributed by atoms with E-state index in [0.717, 1.165) is 5.56 Å². The van der Waals surface area contributed by atoms with Gasteiger partial charge in [-0.3, -0.25) is 4.99 Å². The van der Waals surface area contributed by atoms with Gasteiger partial charge in [0.2, 0.25) is 5.89 Å². The minimum Gasteiger partial charge on any atom is -0.350 e. The Kier molecular flexibility index (Phi) is 6.30. The average Bonchev–Trinajstić information content (AvgIpc) is 3.00. The van der Waals surface area contributed by atoms with Crippen LogP contribution in [0, 0.1) is 0 Å². The number of hydrogen-bond acceptors (Lipinski definition) is 4. The standard InChI is InChI=1S/C17H23Cl2N5O/c1-10(12-7-6-11(18)8-13(12)19)22-16(20-5)21-9-14-23-15(25-24-14)17(2,3)4/h6-8,10H,9H2,1-5H3,(H2,20,21,22). The van der Waals surface area contributed by atoms with Crippen molar-refractivity contribution in [1.29, 1.82) is 0 Å². The third-order valence-corrected chi connectivity index (χ3v) is 4.09. The van der Waals surface area contributed by atoms with Gasteiger partial charge in [0.05, 0.1) is 12.6 Å². The molecule has 136 valence electrons. The molecular formula is C17H23Cl2N5O. The molecule has 2 N–H and O–H groups in total. The number of rotatable bonds is 4. The van der Waals surface area contributed by atoms with Crippen LogP contribution in [0.5, 0.6) is 0 Å². The molecule has 0 saturated carbocycles. The molecule has 0 bridgehead atoms. The minimum absolute atomic E-state index is 0.0497. The highest BCUT2D eigenvalue weighted by molar-refractivity contribution is 6.35. The van der Waals surface area contributed by atoms with E-state index < -0.39 is 0 Å². The number of nitrogens with zero attached hydrogens (tertiary/aromatic N) is 3. The van der Waals surface area contributed by atoms with Crippen LogP contribution in [0.25, 0.3) is 0 Å². The minimum atomic E-state index is -0.176. The summed E-state index contributed by atoms with van der Waals surface area (Å²) in [5, 5.41) is 11.6. The second-order valence-electron chi connectivity index (χ2n) is 6.72. The highest BCUT2D eigenvalue weighted by Crippen LogP contribution is 2.26. The number of benzene rings is 1. The summed E-state index contributed by atoms with van der Waals surface area (Å²) in [7, 11) is 1.70. The number of guanidine groups is 1. The van der Waals surface area contributed by atoms with Crippen molar-refractivity contribution < 1.29 is 4.52 Å². The maximum absolute atomic E-state index is 6.25. The number of hydrogen-bond donors (Lipinski definition) is 2. The van der Waals surface area contributed by atoms with Crippen LogP contribution in [-0.2, 0) is 12.0 Å². The van der Waals surface area contributed by atoms with Gasteiger partial charge in [0.25, 0.3) is 0 Å². The SMILES string of the molecule is CN=C(NCc1noc(C(C)(C)C)n1)NC(C)c1ccc(Cl)cc1Cl. The van der Waals surface area contributed by atoms with Crippen molar-refractivity contribution in [2.75, 3.05) is 7.05 Å². The molecule has 6 nitrogen and oxygen atoms in total. The molecule has 1 atom stereocenters. The van der Waals surface area contributed by atoms with E-state index >= 15 is 0 Å². The van der Waals surface area contributed by atoms with E-state index in [1.54, 1.807) is 13.1 Å². The van der Waals surface area contributed by atoms with E-state index in [1.165, 1.54) is 0 Å². The fourth-order valence-electron chi connectivity index (χ4n) is 2.12. The van der Waals surface area contributed by atoms with Crippen LogP contribution in [-0.4, -0.2) is 23.1 Å². The van der Waals surface area contributed by atoms with Gasteiger partial charge in [-0.1, -0.05) is 55.2 Å². The van der Waals surface area contributed by atoms with Crippen molar-refractivity contribution in [1.82, 2.24) is 20.8 Å². The zero-order valence-corrected chi connectivity index (χ0v) is 16.5. The van der Waals surface area contributed by atoms with Crippen LogP contribution in [0.4, 0.5) is 0 Å². The van der Waals surface area contributed by atoms with E-state index in [4.69, 9.17) is 27.7 Å². The summed E-state index contributed by atoms with van der Waals surface area (Å²) < 4.78 is 5.28. The molecule has 25 heavy (non-hydrogen) atoms. The van der Waals surface area contributed by atoms with Crippen LogP contribution < -0.4 is 10.6 Å². The first-order valence-electron chi connectivity index (χ1n) is 7.96. The number of halogens is 2. The maximum atomic E-state index is 6.25. The smallest absolute Gasteiger partial charge is 0.232 e. The van der Waals surface area contributed by atoms with Crippen LogP contribution in [0.2, 0.25) is 10.0 Å². The molecule has 0 saturated heterocycles. The van der Waals surface area contributed by atoms with Crippen LogP contribution in [0.3, 0.4) is 0 Å². The predicted octanol–water partition coefficient (Wildman–Crippen LogP) is 4.10. The predicted molar refractivity (Wildman–Crippen MR) is 101 cm³/mol. The van der Waals surface area contributed by atoms with Crippen molar-refractivity contribution in [3.05, 3.63) is 45.5 Å². The largest absolute Gasteiger partial charge is 0.350 e. The van der Waals surface area contributed by atoms with Crippen molar-refractivity contribution in [3.63, 3.8) is 0 Å². The van der Waals surface area contributed by atoms with Crippen molar-refractivity contribution in [2.45, 2.75) is 45.7 Å². The van der Waals surface area contributed by atoms with Gasteiger partial charge in [0, 0.05) is 22.5 Å². The first-order chi connectivity index (χ1) is 11.7. The molecule has 1 aromatic carbocycles. The Morgan fingerprint density at radius 1 is 1.32 bits per heavy atom. The zero-order chi connectivity index (χ0) is 18.6. The molecule has 0 radical (unpaired) electrons. The molecule has 0 aliphatic rings. The van der Waals surface area contributed by atoms with Gasteiger partial charge in [0.15, 0.2) is 11.8 Å². The molecule has 2 rings (SSSR count). The van der Waals surface area contributed by atoms with E-state index in [-0.39, 0.29) is 11.5 Å². The Morgan fingerprint density at radius 2 is 2.04 bits per heavy atom. The number of nitrogens with one attached hydrogen (secondary N) is 2. The normalized spacial score (nSPS) is 13.6. The maximum Gasteiger partial charge on any atom is 0.232 e. The molecular weight excluding hydrogens is 361 g/mol. The summed E-state index contributed by atoms with van der Waals surface area (Å²) in [6.45, 7) is 8.47. The van der Waals surface area contributed by atoms with Crippen LogP contribution >= 0.6 is 23.2 Å². The van der Waals surface area contributed by atoms with E-state index in [0.29, 0.717) is 34.3 Å². The Bertz CT molecular complexity index is 752. The fourth-order valence-corrected chi connectivity index (χ4v) is 2.70. The molecule has 2 aromatic rings. The van der Waals surface area contributed by atoms with E-state index in [9.17, 15) is 0 Å². The number of aromatic nitrogens is 2. The molecule has 0 aliphatic heterocycles. The molecule has 1 aromatic heterocycles. The van der Waals surface area contributed by atoms with Crippen LogP contribution in [0.15, 0.2) is 27.7 Å². The second-order valence-corrected chi connectivity index (χ2v) is 7.57. The van der Waals surface area contributed by atoms with E-state index in [1.807, 2.05) is 39.8 Å². The zero-order valence-electron chi connectivity index (χ0n) is 15.0. The van der Waals surface area contributed by atoms with Gasteiger partial charge in [-0.15, -0.1) is 0 Å². The van der Waals surface area contributed by atoms with Crippen molar-refractivity contribution in [3.8, 4) is 0 Å². The van der Waals surface area contributed by atoms with Gasteiger partial charge < -0.3 is 15.2 Å². The fraction of sp³-hybridized carbons (Fsp3) is 0.471. The number of aliphatic imine (C=N–C) groups is 1. The Labute approximate surface area is 158 Å². The first-order valence-corrected chi connectivity index (χ1v) is 8.71. The highest BCUT2D eigenvalue weighted by atomic mass is 35.5. The van der Waals surface area contributed by atoms with Crippen molar-refractivity contribution in [2.24, 2.45) is 4.99 Å². The summed E-state index contributed by atoms with van der Waals surface area (Å²) in [5.41, 5.74) is 0.758. The lowest BCUT2D eigenvalue weighted by Crippen LogP contribution is -2.38. The quantitative estimate of drug-likeness (QED) is 0.613. The summed E-state index contributed by atoms with van der Waals surface area (Å²) in [6, 6.07) is 5.38. The summed E-state index contributed by atoms with van der Waals surface area (Å²) in [6.07, 6.45) is 0. The van der Waals surface area contributed by atoms with Gasteiger partial charge in [-0.25, -0.2) is 0 Å². The lowest BCUT2D eigenvalue weighted by Gasteiger charge is -2.19. The summed E-state index contributed by atoms with van der Waals surface area (Å²) >= 11 is 12.2. The molecule has 0 aliphatic carbocycles. The van der Waals surface area contributed by atoms with Gasteiger partial charge in [0.1, 0.15) is 0 Å². The molecule has 1 heterocycles. The van der Waals surface area contributed by atoms with E-state index in [2.05, 4.69) is 25.8 Å². The topological polar surface area (TPSA) is 75.3 Å². The highest BCUT2D eigenvalue weighted by Gasteiger charge is 2.21. The molecule has 0 amide bonds. The molecule has 1 unspecified atom stereocenters. The van der Waals surface area contributed by atoms with Crippen LogP contribution in [0.1, 0.15) is 51.0 Å². The van der Waals surface area contributed by atoms with Gasteiger partial charge in [-0.2, -0.15) is 4.98 Å². The second kappa shape index (κ2) is 8.06. The molecule has 0 spiro atoms.